The van der Waals surface area contributed by atoms with Crippen LogP contribution in [0.3, 0.4) is 0 Å². The van der Waals surface area contributed by atoms with E-state index in [0.29, 0.717) is 13.2 Å². The third kappa shape index (κ3) is 3.33. The van der Waals surface area contributed by atoms with Crippen LogP contribution in [0.5, 0.6) is 5.75 Å². The summed E-state index contributed by atoms with van der Waals surface area (Å²) < 4.78 is 5.75. The SMILES string of the molecule is NCCCOc1cccnc1N1CCCCC1. The molecule has 1 saturated heterocycles. The van der Waals surface area contributed by atoms with Crippen molar-refractivity contribution in [2.75, 3.05) is 31.1 Å². The van der Waals surface area contributed by atoms with Crippen LogP contribution in [0.4, 0.5) is 5.82 Å². The Hall–Kier alpha value is -1.29. The van der Waals surface area contributed by atoms with Crippen LogP contribution in [-0.2, 0) is 0 Å². The van der Waals surface area contributed by atoms with Gasteiger partial charge in [0.1, 0.15) is 0 Å². The Bertz CT molecular complexity index is 337. The monoisotopic (exact) mass is 235 g/mol. The Balaban J connectivity index is 2.03. The van der Waals surface area contributed by atoms with Crippen LogP contribution in [0.25, 0.3) is 0 Å². The first kappa shape index (κ1) is 12.2. The lowest BCUT2D eigenvalue weighted by atomic mass is 10.1. The number of anilines is 1. The summed E-state index contributed by atoms with van der Waals surface area (Å²) >= 11 is 0. The van der Waals surface area contributed by atoms with Crippen LogP contribution in [0.2, 0.25) is 0 Å². The quantitative estimate of drug-likeness (QED) is 0.791. The van der Waals surface area contributed by atoms with E-state index >= 15 is 0 Å². The zero-order chi connectivity index (χ0) is 11.9. The van der Waals surface area contributed by atoms with Crippen molar-refractivity contribution in [2.45, 2.75) is 25.7 Å². The summed E-state index contributed by atoms with van der Waals surface area (Å²) in [5.41, 5.74) is 5.47. The number of pyridine rings is 1. The highest BCUT2D eigenvalue weighted by Crippen LogP contribution is 2.27. The summed E-state index contributed by atoms with van der Waals surface area (Å²) in [6.07, 6.45) is 6.54. The van der Waals surface area contributed by atoms with Gasteiger partial charge >= 0.3 is 0 Å². The van der Waals surface area contributed by atoms with E-state index < -0.39 is 0 Å². The van der Waals surface area contributed by atoms with E-state index in [1.54, 1.807) is 0 Å². The summed E-state index contributed by atoms with van der Waals surface area (Å²) in [5, 5.41) is 0. The zero-order valence-electron chi connectivity index (χ0n) is 10.3. The molecule has 1 aromatic rings. The highest BCUT2D eigenvalue weighted by atomic mass is 16.5. The Morgan fingerprint density at radius 3 is 2.88 bits per heavy atom. The van der Waals surface area contributed by atoms with Crippen LogP contribution in [0.1, 0.15) is 25.7 Å². The second kappa shape index (κ2) is 6.45. The number of hydrogen-bond acceptors (Lipinski definition) is 4. The molecule has 2 N–H and O–H groups in total. The minimum absolute atomic E-state index is 0.666. The van der Waals surface area contributed by atoms with Crippen molar-refractivity contribution in [3.63, 3.8) is 0 Å². The molecule has 0 radical (unpaired) electrons. The van der Waals surface area contributed by atoms with Crippen LogP contribution < -0.4 is 15.4 Å². The molecule has 4 nitrogen and oxygen atoms in total. The summed E-state index contributed by atoms with van der Waals surface area (Å²) in [6, 6.07) is 3.92. The predicted molar refractivity (Wildman–Crippen MR) is 69.5 cm³/mol. The molecule has 1 aliphatic rings. The van der Waals surface area contributed by atoms with Crippen LogP contribution in [0, 0.1) is 0 Å². The summed E-state index contributed by atoms with van der Waals surface area (Å²) in [6.45, 7) is 3.51. The zero-order valence-corrected chi connectivity index (χ0v) is 10.3. The maximum absolute atomic E-state index is 5.75. The van der Waals surface area contributed by atoms with E-state index in [1.807, 2.05) is 18.3 Å². The fourth-order valence-electron chi connectivity index (χ4n) is 2.10. The summed E-state index contributed by atoms with van der Waals surface area (Å²) in [5.74, 6) is 1.88. The molecular weight excluding hydrogens is 214 g/mol. The maximum atomic E-state index is 5.75. The number of hydrogen-bond donors (Lipinski definition) is 1. The van der Waals surface area contributed by atoms with Gasteiger partial charge in [0.05, 0.1) is 6.61 Å². The molecule has 17 heavy (non-hydrogen) atoms. The van der Waals surface area contributed by atoms with Gasteiger partial charge in [0.25, 0.3) is 0 Å². The Morgan fingerprint density at radius 1 is 1.29 bits per heavy atom. The maximum Gasteiger partial charge on any atom is 0.171 e. The molecule has 2 rings (SSSR count). The number of nitrogens with zero attached hydrogens (tertiary/aromatic N) is 2. The topological polar surface area (TPSA) is 51.4 Å². The van der Waals surface area contributed by atoms with Gasteiger partial charge in [-0.3, -0.25) is 0 Å². The molecule has 0 saturated carbocycles. The first-order valence-electron chi connectivity index (χ1n) is 6.44. The Kier molecular flexibility index (Phi) is 4.62. The third-order valence-corrected chi connectivity index (χ3v) is 3.01. The predicted octanol–water partition coefficient (Wildman–Crippen LogP) is 1.80. The van der Waals surface area contributed by atoms with Gasteiger partial charge in [-0.15, -0.1) is 0 Å². The average molecular weight is 235 g/mol. The van der Waals surface area contributed by atoms with Gasteiger partial charge in [-0.05, 0) is 44.4 Å². The molecule has 0 bridgehead atoms. The van der Waals surface area contributed by atoms with Crippen molar-refractivity contribution in [1.29, 1.82) is 0 Å². The van der Waals surface area contributed by atoms with E-state index in [2.05, 4.69) is 9.88 Å². The largest absolute Gasteiger partial charge is 0.490 e. The molecule has 2 heterocycles. The van der Waals surface area contributed by atoms with Gasteiger partial charge in [0.2, 0.25) is 0 Å². The molecule has 94 valence electrons. The molecule has 0 aliphatic carbocycles. The first-order valence-corrected chi connectivity index (χ1v) is 6.44. The van der Waals surface area contributed by atoms with Crippen molar-refractivity contribution in [2.24, 2.45) is 5.73 Å². The minimum Gasteiger partial charge on any atom is -0.490 e. The molecular formula is C13H21N3O. The van der Waals surface area contributed by atoms with Crippen molar-refractivity contribution >= 4 is 5.82 Å². The fraction of sp³-hybridized carbons (Fsp3) is 0.615. The van der Waals surface area contributed by atoms with Crippen molar-refractivity contribution in [1.82, 2.24) is 4.98 Å². The van der Waals surface area contributed by atoms with Gasteiger partial charge in [-0.2, -0.15) is 0 Å². The van der Waals surface area contributed by atoms with Crippen molar-refractivity contribution < 1.29 is 4.74 Å². The highest BCUT2D eigenvalue weighted by molar-refractivity contribution is 5.52. The second-order valence-electron chi connectivity index (χ2n) is 4.36. The summed E-state index contributed by atoms with van der Waals surface area (Å²) in [7, 11) is 0. The Labute approximate surface area is 103 Å². The number of piperidine rings is 1. The smallest absolute Gasteiger partial charge is 0.171 e. The summed E-state index contributed by atoms with van der Waals surface area (Å²) in [4.78, 5) is 6.77. The molecule has 0 unspecified atom stereocenters. The number of nitrogens with two attached hydrogens (primary N) is 1. The van der Waals surface area contributed by atoms with E-state index in [0.717, 1.165) is 31.1 Å². The minimum atomic E-state index is 0.666. The molecule has 1 aromatic heterocycles. The first-order chi connectivity index (χ1) is 8.42. The van der Waals surface area contributed by atoms with Gasteiger partial charge in [-0.25, -0.2) is 4.98 Å². The number of ether oxygens (including phenoxy) is 1. The number of aromatic nitrogens is 1. The molecule has 4 heteroatoms. The molecule has 0 aromatic carbocycles. The van der Waals surface area contributed by atoms with Crippen molar-refractivity contribution in [3.8, 4) is 5.75 Å². The van der Waals surface area contributed by atoms with E-state index in [9.17, 15) is 0 Å². The van der Waals surface area contributed by atoms with E-state index in [1.165, 1.54) is 19.3 Å². The lowest BCUT2D eigenvalue weighted by Crippen LogP contribution is -2.30. The number of rotatable bonds is 5. The fourth-order valence-corrected chi connectivity index (χ4v) is 2.10. The molecule has 1 aliphatic heterocycles. The second-order valence-corrected chi connectivity index (χ2v) is 4.36. The molecule has 0 amide bonds. The van der Waals surface area contributed by atoms with Gasteiger partial charge in [0, 0.05) is 19.3 Å². The van der Waals surface area contributed by atoms with Crippen molar-refractivity contribution in [3.05, 3.63) is 18.3 Å². The van der Waals surface area contributed by atoms with Gasteiger partial charge in [0.15, 0.2) is 11.6 Å². The Morgan fingerprint density at radius 2 is 2.12 bits per heavy atom. The van der Waals surface area contributed by atoms with Crippen LogP contribution in [0.15, 0.2) is 18.3 Å². The van der Waals surface area contributed by atoms with Crippen LogP contribution in [-0.4, -0.2) is 31.2 Å². The van der Waals surface area contributed by atoms with E-state index in [-0.39, 0.29) is 0 Å². The van der Waals surface area contributed by atoms with Gasteiger partial charge in [-0.1, -0.05) is 0 Å². The molecule has 1 fully saturated rings. The molecule has 0 atom stereocenters. The normalized spacial score (nSPS) is 15.9. The lowest BCUT2D eigenvalue weighted by Gasteiger charge is -2.28. The van der Waals surface area contributed by atoms with E-state index in [4.69, 9.17) is 10.5 Å². The van der Waals surface area contributed by atoms with Gasteiger partial charge < -0.3 is 15.4 Å². The average Bonchev–Trinajstić information content (AvgIpc) is 2.41. The third-order valence-electron chi connectivity index (χ3n) is 3.01. The molecule has 0 spiro atoms. The highest BCUT2D eigenvalue weighted by Gasteiger charge is 2.16. The standard InChI is InChI=1S/C13H21N3O/c14-7-5-11-17-12-6-4-8-15-13(12)16-9-2-1-3-10-16/h4,6,8H,1-3,5,7,9-11,14H2. The lowest BCUT2D eigenvalue weighted by molar-refractivity contribution is 0.312. The van der Waals surface area contributed by atoms with Crippen LogP contribution >= 0.6 is 0 Å².